The third-order valence-electron chi connectivity index (χ3n) is 3.43. The maximum Gasteiger partial charge on any atom is 0.0919 e. The quantitative estimate of drug-likeness (QED) is 0.844. The van der Waals surface area contributed by atoms with Crippen molar-refractivity contribution in [3.63, 3.8) is 0 Å². The number of rotatable bonds is 3. The number of likely N-dealkylation sites (tertiary alicyclic amines) is 1. The Bertz CT molecular complexity index is 331. The van der Waals surface area contributed by atoms with Crippen LogP contribution in [0.1, 0.15) is 36.5 Å². The highest BCUT2D eigenvalue weighted by Gasteiger charge is 2.16. The van der Waals surface area contributed by atoms with E-state index in [4.69, 9.17) is 0 Å². The van der Waals surface area contributed by atoms with Gasteiger partial charge in [-0.05, 0) is 44.0 Å². The second-order valence-corrected chi connectivity index (χ2v) is 4.73. The minimum atomic E-state index is -0.334. The van der Waals surface area contributed by atoms with Gasteiger partial charge in [0.05, 0.1) is 6.10 Å². The molecular formula is C14H21NO. The van der Waals surface area contributed by atoms with Crippen LogP contribution in [0.3, 0.4) is 0 Å². The zero-order valence-corrected chi connectivity index (χ0v) is 10.0. The first-order valence-corrected chi connectivity index (χ1v) is 6.23. The number of piperidine rings is 1. The van der Waals surface area contributed by atoms with Crippen LogP contribution in [0, 0.1) is 6.92 Å². The Balaban J connectivity index is 1.96. The van der Waals surface area contributed by atoms with E-state index in [0.29, 0.717) is 0 Å². The summed E-state index contributed by atoms with van der Waals surface area (Å²) in [6.45, 7) is 5.13. The molecule has 2 heteroatoms. The predicted molar refractivity (Wildman–Crippen MR) is 66.4 cm³/mol. The normalized spacial score (nSPS) is 19.6. The van der Waals surface area contributed by atoms with E-state index in [-0.39, 0.29) is 6.10 Å². The molecule has 0 saturated carbocycles. The Kier molecular flexibility index (Phi) is 3.97. The van der Waals surface area contributed by atoms with Crippen molar-refractivity contribution in [2.75, 3.05) is 19.6 Å². The van der Waals surface area contributed by atoms with Crippen LogP contribution in [0.15, 0.2) is 24.3 Å². The fourth-order valence-corrected chi connectivity index (χ4v) is 2.45. The highest BCUT2D eigenvalue weighted by Crippen LogP contribution is 2.20. The standard InChI is InChI=1S/C14H21NO/c1-12-7-3-4-8-13(12)14(16)11-15-9-5-2-6-10-15/h3-4,7-8,14,16H,2,5-6,9-11H2,1H3. The third-order valence-corrected chi connectivity index (χ3v) is 3.43. The molecule has 0 amide bonds. The van der Waals surface area contributed by atoms with Crippen molar-refractivity contribution in [2.45, 2.75) is 32.3 Å². The van der Waals surface area contributed by atoms with E-state index in [1.165, 1.54) is 24.8 Å². The molecule has 1 aromatic carbocycles. The molecule has 2 nitrogen and oxygen atoms in total. The van der Waals surface area contributed by atoms with Gasteiger partial charge in [0.15, 0.2) is 0 Å². The van der Waals surface area contributed by atoms with Crippen LogP contribution >= 0.6 is 0 Å². The summed E-state index contributed by atoms with van der Waals surface area (Å²) in [5.74, 6) is 0. The summed E-state index contributed by atoms with van der Waals surface area (Å²) >= 11 is 0. The number of aliphatic hydroxyl groups excluding tert-OH is 1. The van der Waals surface area contributed by atoms with Crippen LogP contribution in [-0.4, -0.2) is 29.6 Å². The van der Waals surface area contributed by atoms with E-state index in [9.17, 15) is 5.11 Å². The molecule has 0 aliphatic carbocycles. The van der Waals surface area contributed by atoms with Gasteiger partial charge in [-0.3, -0.25) is 0 Å². The van der Waals surface area contributed by atoms with E-state index < -0.39 is 0 Å². The van der Waals surface area contributed by atoms with Crippen molar-refractivity contribution in [1.29, 1.82) is 0 Å². The highest BCUT2D eigenvalue weighted by atomic mass is 16.3. The van der Waals surface area contributed by atoms with Crippen molar-refractivity contribution in [3.05, 3.63) is 35.4 Å². The number of β-amino-alcohol motifs (C(OH)–C–C–N with tert-alkyl or cyclic N) is 1. The molecule has 0 bridgehead atoms. The second kappa shape index (κ2) is 5.46. The van der Waals surface area contributed by atoms with E-state index in [1.54, 1.807) is 0 Å². The summed E-state index contributed by atoms with van der Waals surface area (Å²) < 4.78 is 0. The zero-order chi connectivity index (χ0) is 11.4. The van der Waals surface area contributed by atoms with Gasteiger partial charge >= 0.3 is 0 Å². The molecular weight excluding hydrogens is 198 g/mol. The molecule has 1 saturated heterocycles. The smallest absolute Gasteiger partial charge is 0.0919 e. The zero-order valence-electron chi connectivity index (χ0n) is 10.0. The summed E-state index contributed by atoms with van der Waals surface area (Å²) in [7, 11) is 0. The van der Waals surface area contributed by atoms with E-state index in [0.717, 1.165) is 25.2 Å². The van der Waals surface area contributed by atoms with Gasteiger partial charge in [-0.15, -0.1) is 0 Å². The van der Waals surface area contributed by atoms with Crippen LogP contribution in [-0.2, 0) is 0 Å². The molecule has 0 spiro atoms. The molecule has 1 N–H and O–H groups in total. The van der Waals surface area contributed by atoms with Crippen LogP contribution in [0.5, 0.6) is 0 Å². The predicted octanol–water partition coefficient (Wildman–Crippen LogP) is 2.51. The molecule has 1 aromatic rings. The molecule has 1 unspecified atom stereocenters. The largest absolute Gasteiger partial charge is 0.387 e. The lowest BCUT2D eigenvalue weighted by molar-refractivity contribution is 0.101. The van der Waals surface area contributed by atoms with E-state index >= 15 is 0 Å². The number of benzene rings is 1. The molecule has 2 rings (SSSR count). The molecule has 1 aliphatic rings. The lowest BCUT2D eigenvalue weighted by Gasteiger charge is -2.29. The van der Waals surface area contributed by atoms with Gasteiger partial charge in [-0.1, -0.05) is 30.7 Å². The monoisotopic (exact) mass is 219 g/mol. The first kappa shape index (κ1) is 11.6. The van der Waals surface area contributed by atoms with Crippen molar-refractivity contribution in [1.82, 2.24) is 4.90 Å². The Morgan fingerprint density at radius 2 is 1.88 bits per heavy atom. The molecule has 1 aliphatic heterocycles. The third kappa shape index (κ3) is 2.83. The van der Waals surface area contributed by atoms with Gasteiger partial charge in [0, 0.05) is 6.54 Å². The number of aliphatic hydroxyl groups is 1. The highest BCUT2D eigenvalue weighted by molar-refractivity contribution is 5.27. The number of hydrogen-bond acceptors (Lipinski definition) is 2. The van der Waals surface area contributed by atoms with Crippen molar-refractivity contribution in [3.8, 4) is 0 Å². The minimum absolute atomic E-state index is 0.334. The summed E-state index contributed by atoms with van der Waals surface area (Å²) in [5.41, 5.74) is 2.26. The van der Waals surface area contributed by atoms with Crippen molar-refractivity contribution in [2.24, 2.45) is 0 Å². The van der Waals surface area contributed by atoms with Gasteiger partial charge < -0.3 is 10.0 Å². The van der Waals surface area contributed by atoms with Gasteiger partial charge in [0.25, 0.3) is 0 Å². The lowest BCUT2D eigenvalue weighted by Crippen LogP contribution is -2.33. The van der Waals surface area contributed by atoms with Crippen molar-refractivity contribution < 1.29 is 5.11 Å². The molecule has 16 heavy (non-hydrogen) atoms. The fourth-order valence-electron chi connectivity index (χ4n) is 2.45. The minimum Gasteiger partial charge on any atom is -0.387 e. The molecule has 1 fully saturated rings. The molecule has 0 aromatic heterocycles. The van der Waals surface area contributed by atoms with Crippen LogP contribution in [0.25, 0.3) is 0 Å². The molecule has 1 heterocycles. The summed E-state index contributed by atoms with van der Waals surface area (Å²) in [6.07, 6.45) is 3.57. The van der Waals surface area contributed by atoms with Gasteiger partial charge in [0.2, 0.25) is 0 Å². The Hall–Kier alpha value is -0.860. The van der Waals surface area contributed by atoms with Gasteiger partial charge in [-0.25, -0.2) is 0 Å². The molecule has 88 valence electrons. The van der Waals surface area contributed by atoms with Gasteiger partial charge in [-0.2, -0.15) is 0 Å². The van der Waals surface area contributed by atoms with Gasteiger partial charge in [0.1, 0.15) is 0 Å². The lowest BCUT2D eigenvalue weighted by atomic mass is 10.0. The topological polar surface area (TPSA) is 23.5 Å². The number of aryl methyl sites for hydroxylation is 1. The van der Waals surface area contributed by atoms with Crippen LogP contribution in [0.2, 0.25) is 0 Å². The van der Waals surface area contributed by atoms with Crippen LogP contribution < -0.4 is 0 Å². The maximum atomic E-state index is 10.2. The van der Waals surface area contributed by atoms with E-state index in [2.05, 4.69) is 17.9 Å². The number of hydrogen-bond donors (Lipinski definition) is 1. The summed E-state index contributed by atoms with van der Waals surface area (Å²) in [5, 5.41) is 10.2. The SMILES string of the molecule is Cc1ccccc1C(O)CN1CCCCC1. The summed E-state index contributed by atoms with van der Waals surface area (Å²) in [4.78, 5) is 2.38. The first-order valence-electron chi connectivity index (χ1n) is 6.23. The fraction of sp³-hybridized carbons (Fsp3) is 0.571. The average Bonchev–Trinajstić information content (AvgIpc) is 2.31. The Morgan fingerprint density at radius 3 is 2.56 bits per heavy atom. The second-order valence-electron chi connectivity index (χ2n) is 4.73. The Morgan fingerprint density at radius 1 is 1.19 bits per heavy atom. The average molecular weight is 219 g/mol. The maximum absolute atomic E-state index is 10.2. The number of nitrogens with zero attached hydrogens (tertiary/aromatic N) is 1. The molecule has 1 atom stereocenters. The van der Waals surface area contributed by atoms with Crippen molar-refractivity contribution >= 4 is 0 Å². The van der Waals surface area contributed by atoms with Crippen LogP contribution in [0.4, 0.5) is 0 Å². The molecule has 0 radical (unpaired) electrons. The first-order chi connectivity index (χ1) is 7.77. The summed E-state index contributed by atoms with van der Waals surface area (Å²) in [6, 6.07) is 8.12. The van der Waals surface area contributed by atoms with E-state index in [1.807, 2.05) is 18.2 Å². The Labute approximate surface area is 97.9 Å².